The molecule has 3 aromatic carbocycles. The Bertz CT molecular complexity index is 1190. The van der Waals surface area contributed by atoms with Gasteiger partial charge in [0.05, 0.1) is 22.4 Å². The molecule has 0 radical (unpaired) electrons. The number of amides is 1. The van der Waals surface area contributed by atoms with Gasteiger partial charge in [0, 0.05) is 17.9 Å². The van der Waals surface area contributed by atoms with E-state index < -0.39 is 0 Å². The molecule has 1 heterocycles. The van der Waals surface area contributed by atoms with E-state index in [1.54, 1.807) is 23.5 Å². The molecule has 31 heavy (non-hydrogen) atoms. The van der Waals surface area contributed by atoms with Crippen LogP contribution in [0.3, 0.4) is 0 Å². The van der Waals surface area contributed by atoms with Crippen molar-refractivity contribution in [2.75, 3.05) is 25.1 Å². The van der Waals surface area contributed by atoms with Gasteiger partial charge in [-0.15, -0.1) is 11.3 Å². The third kappa shape index (κ3) is 5.10. The third-order valence-corrected chi connectivity index (χ3v) is 5.82. The Hall–Kier alpha value is -3.22. The van der Waals surface area contributed by atoms with Crippen LogP contribution in [-0.2, 0) is 4.74 Å². The molecule has 4 rings (SSSR count). The monoisotopic (exact) mass is 432 g/mol. The molecule has 0 aliphatic carbocycles. The van der Waals surface area contributed by atoms with Crippen LogP contribution in [0.5, 0.6) is 5.75 Å². The van der Waals surface area contributed by atoms with Gasteiger partial charge in [0.1, 0.15) is 17.4 Å². The van der Waals surface area contributed by atoms with Crippen LogP contribution < -0.4 is 10.1 Å². The normalized spacial score (nSPS) is 10.9. The molecule has 0 aliphatic rings. The lowest BCUT2D eigenvalue weighted by Crippen LogP contribution is -2.15. The zero-order valence-electron chi connectivity index (χ0n) is 17.6. The minimum absolute atomic E-state index is 0.213. The number of hydrogen-bond acceptors (Lipinski definition) is 5. The molecule has 4 aromatic rings. The average molecular weight is 433 g/mol. The fourth-order valence-corrected chi connectivity index (χ4v) is 4.25. The molecular formula is C25H24N2O3S. The highest BCUT2D eigenvalue weighted by Crippen LogP contribution is 2.31. The maximum Gasteiger partial charge on any atom is 0.259 e. The van der Waals surface area contributed by atoms with E-state index in [0.717, 1.165) is 21.8 Å². The summed E-state index contributed by atoms with van der Waals surface area (Å²) in [6.45, 7) is 5.54. The van der Waals surface area contributed by atoms with Gasteiger partial charge < -0.3 is 14.8 Å². The number of nitrogens with one attached hydrogen (secondary N) is 1. The summed E-state index contributed by atoms with van der Waals surface area (Å²) in [5.41, 5.74) is 4.46. The highest BCUT2D eigenvalue weighted by Gasteiger charge is 2.13. The van der Waals surface area contributed by atoms with Crippen LogP contribution in [0.1, 0.15) is 22.8 Å². The minimum atomic E-state index is -0.213. The van der Waals surface area contributed by atoms with Crippen LogP contribution >= 0.6 is 11.3 Å². The van der Waals surface area contributed by atoms with Gasteiger partial charge in [0.2, 0.25) is 0 Å². The quantitative estimate of drug-likeness (QED) is 0.350. The van der Waals surface area contributed by atoms with E-state index in [4.69, 9.17) is 14.5 Å². The van der Waals surface area contributed by atoms with Crippen LogP contribution in [0.4, 0.5) is 5.69 Å². The predicted molar refractivity (Wildman–Crippen MR) is 126 cm³/mol. The van der Waals surface area contributed by atoms with Crippen LogP contribution in [0.25, 0.3) is 20.8 Å². The van der Waals surface area contributed by atoms with Gasteiger partial charge in [-0.25, -0.2) is 4.98 Å². The smallest absolute Gasteiger partial charge is 0.259 e. The van der Waals surface area contributed by atoms with E-state index >= 15 is 0 Å². The van der Waals surface area contributed by atoms with E-state index in [1.807, 2.05) is 49.4 Å². The maximum atomic E-state index is 12.8. The number of carbonyl (C=O) groups is 1. The Labute approximate surface area is 185 Å². The van der Waals surface area contributed by atoms with Gasteiger partial charge in [-0.3, -0.25) is 4.79 Å². The van der Waals surface area contributed by atoms with Gasteiger partial charge in [-0.2, -0.15) is 0 Å². The second-order valence-corrected chi connectivity index (χ2v) is 8.09. The number of aryl methyl sites for hydroxylation is 1. The number of rotatable bonds is 8. The van der Waals surface area contributed by atoms with Gasteiger partial charge in [0.25, 0.3) is 5.91 Å². The van der Waals surface area contributed by atoms with E-state index in [2.05, 4.69) is 24.4 Å². The van der Waals surface area contributed by atoms with Gasteiger partial charge in [-0.1, -0.05) is 18.2 Å². The number of aromatic nitrogens is 1. The molecule has 0 unspecified atom stereocenters. The number of para-hydroxylation sites is 1. The molecule has 0 bridgehead atoms. The highest BCUT2D eigenvalue weighted by atomic mass is 32.1. The summed E-state index contributed by atoms with van der Waals surface area (Å²) < 4.78 is 12.2. The largest absolute Gasteiger partial charge is 0.490 e. The lowest BCUT2D eigenvalue weighted by Gasteiger charge is -2.12. The van der Waals surface area contributed by atoms with Crippen molar-refractivity contribution in [1.82, 2.24) is 4.98 Å². The minimum Gasteiger partial charge on any atom is -0.490 e. The Kier molecular flexibility index (Phi) is 6.60. The van der Waals surface area contributed by atoms with E-state index in [9.17, 15) is 4.79 Å². The molecule has 1 aromatic heterocycles. The molecule has 0 fully saturated rings. The number of hydrogen-bond donors (Lipinski definition) is 1. The van der Waals surface area contributed by atoms with Crippen molar-refractivity contribution in [3.05, 3.63) is 77.9 Å². The second-order valence-electron chi connectivity index (χ2n) is 7.06. The standard InChI is InChI=1S/C25H24N2O3S/c1-3-29-14-15-30-22-7-5-4-6-20(22)24(28)26-19-11-9-18(10-12-19)25-27-21-13-8-17(2)16-23(21)31-25/h4-13,16H,3,14-15H2,1-2H3,(H,26,28). The Morgan fingerprint density at radius 3 is 2.65 bits per heavy atom. The first-order valence-electron chi connectivity index (χ1n) is 10.2. The number of thiazole rings is 1. The molecule has 0 saturated carbocycles. The van der Waals surface area contributed by atoms with Crippen LogP contribution in [-0.4, -0.2) is 30.7 Å². The Balaban J connectivity index is 1.46. The van der Waals surface area contributed by atoms with Gasteiger partial charge in [-0.05, 0) is 67.9 Å². The average Bonchev–Trinajstić information content (AvgIpc) is 3.20. The fourth-order valence-electron chi connectivity index (χ4n) is 3.18. The predicted octanol–water partition coefficient (Wildman–Crippen LogP) is 5.94. The van der Waals surface area contributed by atoms with Crippen molar-refractivity contribution >= 4 is 33.1 Å². The molecule has 0 saturated heterocycles. The van der Waals surface area contributed by atoms with Crippen molar-refractivity contribution in [3.63, 3.8) is 0 Å². The number of carbonyl (C=O) groups excluding carboxylic acids is 1. The number of ether oxygens (including phenoxy) is 2. The van der Waals surface area contributed by atoms with Crippen LogP contribution in [0.15, 0.2) is 66.7 Å². The molecule has 158 valence electrons. The van der Waals surface area contributed by atoms with Gasteiger partial charge >= 0.3 is 0 Å². The molecule has 1 amide bonds. The fraction of sp³-hybridized carbons (Fsp3) is 0.200. The summed E-state index contributed by atoms with van der Waals surface area (Å²) >= 11 is 1.67. The number of nitrogens with zero attached hydrogens (tertiary/aromatic N) is 1. The van der Waals surface area contributed by atoms with Gasteiger partial charge in [0.15, 0.2) is 0 Å². The van der Waals surface area contributed by atoms with Crippen molar-refractivity contribution < 1.29 is 14.3 Å². The van der Waals surface area contributed by atoms with E-state index in [1.165, 1.54) is 10.3 Å². The second kappa shape index (κ2) is 9.73. The number of anilines is 1. The van der Waals surface area contributed by atoms with Crippen molar-refractivity contribution in [3.8, 4) is 16.3 Å². The summed E-state index contributed by atoms with van der Waals surface area (Å²) in [4.78, 5) is 17.5. The SMILES string of the molecule is CCOCCOc1ccccc1C(=O)Nc1ccc(-c2nc3ccc(C)cc3s2)cc1. The summed E-state index contributed by atoms with van der Waals surface area (Å²) in [6, 6.07) is 21.2. The first kappa shape index (κ1) is 21.0. The first-order valence-corrected chi connectivity index (χ1v) is 11.0. The van der Waals surface area contributed by atoms with E-state index in [0.29, 0.717) is 31.1 Å². The highest BCUT2D eigenvalue weighted by molar-refractivity contribution is 7.21. The first-order chi connectivity index (χ1) is 15.1. The summed E-state index contributed by atoms with van der Waals surface area (Å²) in [6.07, 6.45) is 0. The molecule has 0 atom stereocenters. The zero-order valence-corrected chi connectivity index (χ0v) is 18.4. The molecule has 5 nitrogen and oxygen atoms in total. The maximum absolute atomic E-state index is 12.8. The lowest BCUT2D eigenvalue weighted by molar-refractivity contribution is 0.0998. The van der Waals surface area contributed by atoms with Crippen molar-refractivity contribution in [1.29, 1.82) is 0 Å². The zero-order chi connectivity index (χ0) is 21.6. The lowest BCUT2D eigenvalue weighted by atomic mass is 10.1. The Morgan fingerprint density at radius 2 is 1.84 bits per heavy atom. The molecule has 1 N–H and O–H groups in total. The molecule has 0 aliphatic heterocycles. The third-order valence-electron chi connectivity index (χ3n) is 4.75. The van der Waals surface area contributed by atoms with Crippen LogP contribution in [0, 0.1) is 6.92 Å². The number of fused-ring (bicyclic) bond motifs is 1. The van der Waals surface area contributed by atoms with E-state index in [-0.39, 0.29) is 5.91 Å². The summed E-state index contributed by atoms with van der Waals surface area (Å²) in [5, 5.41) is 3.91. The topological polar surface area (TPSA) is 60.5 Å². The molecule has 0 spiro atoms. The summed E-state index contributed by atoms with van der Waals surface area (Å²) in [7, 11) is 0. The molecular weight excluding hydrogens is 408 g/mol. The number of benzene rings is 3. The Morgan fingerprint density at radius 1 is 1.03 bits per heavy atom. The summed E-state index contributed by atoms with van der Waals surface area (Å²) in [5.74, 6) is 0.330. The van der Waals surface area contributed by atoms with Crippen LogP contribution in [0.2, 0.25) is 0 Å². The van der Waals surface area contributed by atoms with Crippen molar-refractivity contribution in [2.45, 2.75) is 13.8 Å². The van der Waals surface area contributed by atoms with Crippen molar-refractivity contribution in [2.24, 2.45) is 0 Å². The molecule has 6 heteroatoms.